The molecule has 4 aromatic rings. The Morgan fingerprint density at radius 2 is 1.97 bits per heavy atom. The maximum absolute atomic E-state index is 6.83. The predicted octanol–water partition coefficient (Wildman–Crippen LogP) is 6.08. The SMILES string of the molecule is C/C=C/c1cccc(-c2nc(CC)c3c(N4CCC5(CC4)Oc4ccccc4[C@H]5N)nccn23)c1Cl. The molecule has 1 atom stereocenters. The number of rotatable bonds is 4. The molecule has 0 bridgehead atoms. The highest BCUT2D eigenvalue weighted by Crippen LogP contribution is 2.47. The van der Waals surface area contributed by atoms with Crippen LogP contribution in [0, 0.1) is 0 Å². The zero-order valence-corrected chi connectivity index (χ0v) is 21.4. The molecule has 1 spiro atoms. The fraction of sp³-hybridized carbons (Fsp3) is 0.310. The van der Waals surface area contributed by atoms with Gasteiger partial charge in [-0.05, 0) is 31.0 Å². The molecule has 0 unspecified atom stereocenters. The molecule has 6 rings (SSSR count). The van der Waals surface area contributed by atoms with Gasteiger partial charge in [0.25, 0.3) is 0 Å². The summed E-state index contributed by atoms with van der Waals surface area (Å²) in [5.41, 5.74) is 11.4. The molecule has 2 aromatic carbocycles. The fourth-order valence-corrected chi connectivity index (χ4v) is 5.97. The van der Waals surface area contributed by atoms with Gasteiger partial charge in [-0.25, -0.2) is 9.97 Å². The lowest BCUT2D eigenvalue weighted by Gasteiger charge is -2.41. The number of halogens is 1. The van der Waals surface area contributed by atoms with Gasteiger partial charge < -0.3 is 15.4 Å². The lowest BCUT2D eigenvalue weighted by molar-refractivity contribution is 0.0431. The topological polar surface area (TPSA) is 68.7 Å². The van der Waals surface area contributed by atoms with Crippen LogP contribution in [0.15, 0.2) is 60.9 Å². The number of allylic oxidation sites excluding steroid dienone is 1. The van der Waals surface area contributed by atoms with Crippen molar-refractivity contribution >= 4 is 29.0 Å². The molecule has 2 aromatic heterocycles. The second-order valence-electron chi connectivity index (χ2n) is 9.58. The molecule has 7 heteroatoms. The van der Waals surface area contributed by atoms with E-state index < -0.39 is 0 Å². The maximum atomic E-state index is 6.83. The van der Waals surface area contributed by atoms with Crippen molar-refractivity contribution in [2.24, 2.45) is 5.73 Å². The highest BCUT2D eigenvalue weighted by Gasteiger charge is 2.48. The van der Waals surface area contributed by atoms with Crippen LogP contribution in [0.2, 0.25) is 5.02 Å². The van der Waals surface area contributed by atoms with Gasteiger partial charge in [0.1, 0.15) is 22.7 Å². The molecule has 184 valence electrons. The molecule has 1 fully saturated rings. The summed E-state index contributed by atoms with van der Waals surface area (Å²) in [6, 6.07) is 14.1. The monoisotopic (exact) mass is 499 g/mol. The van der Waals surface area contributed by atoms with E-state index in [1.54, 1.807) is 0 Å². The summed E-state index contributed by atoms with van der Waals surface area (Å²) >= 11 is 6.83. The van der Waals surface area contributed by atoms with Crippen LogP contribution in [-0.4, -0.2) is 33.1 Å². The van der Waals surface area contributed by atoms with Gasteiger partial charge in [0.15, 0.2) is 5.82 Å². The van der Waals surface area contributed by atoms with Crippen molar-refractivity contribution in [1.82, 2.24) is 14.4 Å². The van der Waals surface area contributed by atoms with Crippen LogP contribution in [-0.2, 0) is 6.42 Å². The Morgan fingerprint density at radius 1 is 1.17 bits per heavy atom. The van der Waals surface area contributed by atoms with Crippen molar-refractivity contribution in [3.63, 3.8) is 0 Å². The van der Waals surface area contributed by atoms with Crippen molar-refractivity contribution in [3.8, 4) is 17.1 Å². The van der Waals surface area contributed by atoms with Gasteiger partial charge in [-0.3, -0.25) is 4.40 Å². The molecular weight excluding hydrogens is 470 g/mol. The van der Waals surface area contributed by atoms with E-state index in [-0.39, 0.29) is 11.6 Å². The summed E-state index contributed by atoms with van der Waals surface area (Å²) in [5.74, 6) is 2.71. The van der Waals surface area contributed by atoms with E-state index in [4.69, 9.17) is 32.0 Å². The largest absolute Gasteiger partial charge is 0.485 e. The standard InChI is InChI=1S/C29H30ClN5O/c1-3-8-19-9-7-11-21(24(19)30)27-33-22(4-2)25-28(32-15-18-35(25)27)34-16-13-29(14-17-34)26(31)20-10-5-6-12-23(20)36-29/h3,5-12,15,18,26H,4,13-14,16-17,31H2,1-2H3/b8-3+/t26-/m1/s1. The number of aryl methyl sites for hydroxylation is 1. The van der Waals surface area contributed by atoms with E-state index in [0.717, 1.165) is 77.6 Å². The van der Waals surface area contributed by atoms with Gasteiger partial charge in [0.2, 0.25) is 0 Å². The number of hydrogen-bond acceptors (Lipinski definition) is 5. The first kappa shape index (κ1) is 23.1. The number of hydrogen-bond donors (Lipinski definition) is 1. The summed E-state index contributed by atoms with van der Waals surface area (Å²) in [6.07, 6.45) is 10.3. The second kappa shape index (κ2) is 8.95. The molecule has 2 N–H and O–H groups in total. The number of nitrogens with zero attached hydrogens (tertiary/aromatic N) is 4. The van der Waals surface area contributed by atoms with Crippen LogP contribution in [0.4, 0.5) is 5.82 Å². The number of fused-ring (bicyclic) bond motifs is 2. The first-order valence-corrected chi connectivity index (χ1v) is 13.0. The number of piperidine rings is 1. The summed E-state index contributed by atoms with van der Waals surface area (Å²) in [7, 11) is 0. The van der Waals surface area contributed by atoms with E-state index in [9.17, 15) is 0 Å². The number of nitrogens with two attached hydrogens (primary N) is 1. The number of para-hydroxylation sites is 1. The zero-order chi connectivity index (χ0) is 24.9. The van der Waals surface area contributed by atoms with Gasteiger partial charge in [-0.15, -0.1) is 0 Å². The molecule has 36 heavy (non-hydrogen) atoms. The number of imidazole rings is 1. The molecule has 0 saturated carbocycles. The third-order valence-corrected chi connectivity index (χ3v) is 8.02. The van der Waals surface area contributed by atoms with Gasteiger partial charge >= 0.3 is 0 Å². The highest BCUT2D eigenvalue weighted by atomic mass is 35.5. The van der Waals surface area contributed by atoms with Crippen LogP contribution in [0.25, 0.3) is 23.0 Å². The van der Waals surface area contributed by atoms with Crippen molar-refractivity contribution in [2.45, 2.75) is 44.8 Å². The van der Waals surface area contributed by atoms with Crippen molar-refractivity contribution in [1.29, 1.82) is 0 Å². The van der Waals surface area contributed by atoms with E-state index in [1.165, 1.54) is 0 Å². The number of anilines is 1. The number of benzene rings is 2. The lowest BCUT2D eigenvalue weighted by atomic mass is 9.83. The second-order valence-corrected chi connectivity index (χ2v) is 9.96. The van der Waals surface area contributed by atoms with E-state index in [2.05, 4.69) is 22.3 Å². The van der Waals surface area contributed by atoms with Crippen LogP contribution in [0.3, 0.4) is 0 Å². The number of ether oxygens (including phenoxy) is 1. The Balaban J connectivity index is 1.36. The van der Waals surface area contributed by atoms with Gasteiger partial charge in [0, 0.05) is 49.5 Å². The molecule has 0 radical (unpaired) electrons. The maximum Gasteiger partial charge on any atom is 0.154 e. The van der Waals surface area contributed by atoms with Crippen LogP contribution < -0.4 is 15.4 Å². The molecule has 0 aliphatic carbocycles. The minimum absolute atomic E-state index is 0.112. The summed E-state index contributed by atoms with van der Waals surface area (Å²) in [6.45, 7) is 5.76. The first-order valence-electron chi connectivity index (χ1n) is 12.6. The van der Waals surface area contributed by atoms with E-state index in [0.29, 0.717) is 5.02 Å². The number of aromatic nitrogens is 3. The van der Waals surface area contributed by atoms with Crippen LogP contribution >= 0.6 is 11.6 Å². The summed E-state index contributed by atoms with van der Waals surface area (Å²) < 4.78 is 8.60. The molecule has 6 nitrogen and oxygen atoms in total. The molecule has 1 saturated heterocycles. The Hall–Kier alpha value is -3.35. The summed E-state index contributed by atoms with van der Waals surface area (Å²) in [5, 5.41) is 0.704. The average Bonchev–Trinajstić information content (AvgIpc) is 3.41. The van der Waals surface area contributed by atoms with Crippen molar-refractivity contribution in [2.75, 3.05) is 18.0 Å². The molecule has 2 aliphatic rings. The van der Waals surface area contributed by atoms with E-state index >= 15 is 0 Å². The van der Waals surface area contributed by atoms with Gasteiger partial charge in [-0.1, -0.05) is 61.0 Å². The zero-order valence-electron chi connectivity index (χ0n) is 20.6. The van der Waals surface area contributed by atoms with Crippen molar-refractivity contribution < 1.29 is 4.74 Å². The van der Waals surface area contributed by atoms with Crippen LogP contribution in [0.1, 0.15) is 49.6 Å². The quantitative estimate of drug-likeness (QED) is 0.368. The first-order chi connectivity index (χ1) is 17.6. The Morgan fingerprint density at radius 3 is 2.72 bits per heavy atom. The fourth-order valence-electron chi connectivity index (χ4n) is 5.70. The molecule has 2 aliphatic heterocycles. The average molecular weight is 500 g/mol. The Bertz CT molecular complexity index is 1470. The van der Waals surface area contributed by atoms with Crippen LogP contribution in [0.5, 0.6) is 5.75 Å². The van der Waals surface area contributed by atoms with Gasteiger partial charge in [-0.2, -0.15) is 0 Å². The lowest BCUT2D eigenvalue weighted by Crippen LogP contribution is -2.51. The molecule has 4 heterocycles. The molecular formula is C29H30ClN5O. The minimum Gasteiger partial charge on any atom is -0.485 e. The smallest absolute Gasteiger partial charge is 0.154 e. The minimum atomic E-state index is -0.356. The third kappa shape index (κ3) is 3.51. The third-order valence-electron chi connectivity index (χ3n) is 7.60. The Labute approximate surface area is 216 Å². The van der Waals surface area contributed by atoms with E-state index in [1.807, 2.05) is 67.9 Å². The van der Waals surface area contributed by atoms with Crippen molar-refractivity contribution in [3.05, 3.63) is 82.8 Å². The normalized spacial score (nSPS) is 18.8. The Kier molecular flexibility index (Phi) is 5.73. The predicted molar refractivity (Wildman–Crippen MR) is 146 cm³/mol. The summed E-state index contributed by atoms with van der Waals surface area (Å²) in [4.78, 5) is 12.2. The molecule has 0 amide bonds. The van der Waals surface area contributed by atoms with Gasteiger partial charge in [0.05, 0.1) is 16.8 Å². The highest BCUT2D eigenvalue weighted by molar-refractivity contribution is 6.34.